The molecule has 1 heterocycles. The van der Waals surface area contributed by atoms with Crippen molar-refractivity contribution in [3.63, 3.8) is 0 Å². The van der Waals surface area contributed by atoms with Crippen molar-refractivity contribution in [2.45, 2.75) is 26.7 Å². The first-order chi connectivity index (χ1) is 14.6. The smallest absolute Gasteiger partial charge is 0.119 e. The third-order valence-electron chi connectivity index (χ3n) is 5.76. The van der Waals surface area contributed by atoms with E-state index in [4.69, 9.17) is 4.74 Å². The van der Waals surface area contributed by atoms with Gasteiger partial charge in [0, 0.05) is 18.8 Å². The van der Waals surface area contributed by atoms with Crippen LogP contribution in [-0.2, 0) is 19.9 Å². The second kappa shape index (κ2) is 8.62. The van der Waals surface area contributed by atoms with E-state index in [0.29, 0.717) is 0 Å². The van der Waals surface area contributed by atoms with Crippen LogP contribution in [0, 0.1) is 6.92 Å². The van der Waals surface area contributed by atoms with E-state index < -0.39 is 0 Å². The van der Waals surface area contributed by atoms with E-state index in [9.17, 15) is 0 Å². The number of ether oxygens (including phenoxy) is 1. The highest BCUT2D eigenvalue weighted by Crippen LogP contribution is 2.38. The highest BCUT2D eigenvalue weighted by molar-refractivity contribution is 5.85. The minimum atomic E-state index is 0.862. The number of aromatic nitrogens is 1. The number of aryl methyl sites for hydroxylation is 3. The van der Waals surface area contributed by atoms with Gasteiger partial charge in [0.1, 0.15) is 5.75 Å². The molecule has 2 heteroatoms. The first kappa shape index (κ1) is 20.0. The lowest BCUT2D eigenvalue weighted by atomic mass is 9.93. The number of nitrogens with zero attached hydrogens (tertiary/aromatic N) is 1. The molecule has 30 heavy (non-hydrogen) atoms. The second-order valence-corrected chi connectivity index (χ2v) is 7.93. The third kappa shape index (κ3) is 4.04. The van der Waals surface area contributed by atoms with Gasteiger partial charge >= 0.3 is 0 Å². The molecule has 4 aromatic rings. The molecule has 0 bridgehead atoms. The van der Waals surface area contributed by atoms with Gasteiger partial charge < -0.3 is 9.30 Å². The number of hydrogen-bond donors (Lipinski definition) is 0. The molecule has 0 saturated heterocycles. The molecular formula is C28H29NO. The summed E-state index contributed by atoms with van der Waals surface area (Å²) in [5.41, 5.74) is 10.3. The van der Waals surface area contributed by atoms with Gasteiger partial charge in [0.25, 0.3) is 0 Å². The van der Waals surface area contributed by atoms with Gasteiger partial charge in [-0.3, -0.25) is 0 Å². The summed E-state index contributed by atoms with van der Waals surface area (Å²) in [4.78, 5) is 0. The average molecular weight is 396 g/mol. The molecule has 0 saturated carbocycles. The molecule has 2 nitrogen and oxygen atoms in total. The van der Waals surface area contributed by atoms with E-state index in [1.54, 1.807) is 7.11 Å². The minimum absolute atomic E-state index is 0.862. The third-order valence-corrected chi connectivity index (χ3v) is 5.76. The molecule has 0 atom stereocenters. The molecule has 4 rings (SSSR count). The maximum Gasteiger partial charge on any atom is 0.119 e. The predicted molar refractivity (Wildman–Crippen MR) is 126 cm³/mol. The monoisotopic (exact) mass is 395 g/mol. The largest absolute Gasteiger partial charge is 0.497 e. The van der Waals surface area contributed by atoms with Crippen molar-refractivity contribution in [3.8, 4) is 28.1 Å². The number of hydrogen-bond acceptors (Lipinski definition) is 1. The Labute approximate surface area is 179 Å². The number of benzene rings is 3. The molecule has 3 aromatic carbocycles. The SMILES string of the molecule is CCc1ccc(-c2c(-c3ccc(C)cc3)c(Cc3cccc(OC)c3)cn2C)cc1. The normalized spacial score (nSPS) is 10.9. The van der Waals surface area contributed by atoms with E-state index in [0.717, 1.165) is 18.6 Å². The summed E-state index contributed by atoms with van der Waals surface area (Å²) in [6.07, 6.45) is 4.19. The lowest BCUT2D eigenvalue weighted by molar-refractivity contribution is 0.414. The summed E-state index contributed by atoms with van der Waals surface area (Å²) >= 11 is 0. The van der Waals surface area contributed by atoms with E-state index >= 15 is 0 Å². The molecule has 1 aromatic heterocycles. The summed E-state index contributed by atoms with van der Waals surface area (Å²) in [5.74, 6) is 0.899. The fraction of sp³-hybridized carbons (Fsp3) is 0.214. The quantitative estimate of drug-likeness (QED) is 0.349. The van der Waals surface area contributed by atoms with Crippen LogP contribution in [0.25, 0.3) is 22.4 Å². The van der Waals surface area contributed by atoms with Crippen molar-refractivity contribution in [2.24, 2.45) is 7.05 Å². The number of methoxy groups -OCH3 is 1. The Morgan fingerprint density at radius 2 is 1.53 bits per heavy atom. The maximum atomic E-state index is 5.44. The summed E-state index contributed by atoms with van der Waals surface area (Å²) in [7, 11) is 3.87. The lowest BCUT2D eigenvalue weighted by Gasteiger charge is -2.12. The number of rotatable bonds is 6. The summed E-state index contributed by atoms with van der Waals surface area (Å²) in [6, 6.07) is 26.2. The summed E-state index contributed by atoms with van der Waals surface area (Å²) in [6.45, 7) is 4.33. The van der Waals surface area contributed by atoms with E-state index in [1.165, 1.54) is 44.6 Å². The van der Waals surface area contributed by atoms with Gasteiger partial charge in [0.15, 0.2) is 0 Å². The van der Waals surface area contributed by atoms with E-state index in [-0.39, 0.29) is 0 Å². The van der Waals surface area contributed by atoms with Crippen LogP contribution >= 0.6 is 0 Å². The fourth-order valence-electron chi connectivity index (χ4n) is 4.12. The van der Waals surface area contributed by atoms with Crippen LogP contribution in [0.5, 0.6) is 5.75 Å². The molecule has 0 aliphatic carbocycles. The van der Waals surface area contributed by atoms with Crippen molar-refractivity contribution >= 4 is 0 Å². The zero-order valence-corrected chi connectivity index (χ0v) is 18.3. The molecule has 152 valence electrons. The molecule has 0 unspecified atom stereocenters. The Kier molecular flexibility index (Phi) is 5.76. The highest BCUT2D eigenvalue weighted by Gasteiger charge is 2.18. The van der Waals surface area contributed by atoms with E-state index in [2.05, 4.69) is 98.4 Å². The summed E-state index contributed by atoms with van der Waals surface area (Å²) < 4.78 is 7.70. The Bertz CT molecular complexity index is 1130. The second-order valence-electron chi connectivity index (χ2n) is 7.93. The van der Waals surface area contributed by atoms with Gasteiger partial charge in [-0.1, -0.05) is 73.2 Å². The van der Waals surface area contributed by atoms with Gasteiger partial charge in [-0.2, -0.15) is 0 Å². The topological polar surface area (TPSA) is 14.2 Å². The van der Waals surface area contributed by atoms with Crippen LogP contribution < -0.4 is 4.74 Å². The predicted octanol–water partition coefficient (Wildman–Crippen LogP) is 6.83. The Morgan fingerprint density at radius 3 is 2.20 bits per heavy atom. The van der Waals surface area contributed by atoms with Crippen LogP contribution in [0.15, 0.2) is 79.0 Å². The molecule has 0 aliphatic heterocycles. The van der Waals surface area contributed by atoms with Crippen LogP contribution in [0.2, 0.25) is 0 Å². The van der Waals surface area contributed by atoms with Crippen LogP contribution in [0.4, 0.5) is 0 Å². The Morgan fingerprint density at radius 1 is 0.833 bits per heavy atom. The van der Waals surface area contributed by atoms with Crippen LogP contribution in [-0.4, -0.2) is 11.7 Å². The molecular weight excluding hydrogens is 366 g/mol. The minimum Gasteiger partial charge on any atom is -0.497 e. The van der Waals surface area contributed by atoms with Gasteiger partial charge in [-0.25, -0.2) is 0 Å². The Hall–Kier alpha value is -3.26. The average Bonchev–Trinajstić information content (AvgIpc) is 3.10. The van der Waals surface area contributed by atoms with Gasteiger partial charge in [0.2, 0.25) is 0 Å². The zero-order valence-electron chi connectivity index (χ0n) is 18.3. The Balaban J connectivity index is 1.86. The molecule has 0 fully saturated rings. The molecule has 0 N–H and O–H groups in total. The van der Waals surface area contributed by atoms with Crippen molar-refractivity contribution in [2.75, 3.05) is 7.11 Å². The van der Waals surface area contributed by atoms with Crippen LogP contribution in [0.3, 0.4) is 0 Å². The zero-order chi connectivity index (χ0) is 21.1. The maximum absolute atomic E-state index is 5.44. The van der Waals surface area contributed by atoms with Gasteiger partial charge in [0.05, 0.1) is 12.8 Å². The fourth-order valence-corrected chi connectivity index (χ4v) is 4.12. The van der Waals surface area contributed by atoms with Gasteiger partial charge in [-0.15, -0.1) is 0 Å². The van der Waals surface area contributed by atoms with Crippen molar-refractivity contribution in [3.05, 3.63) is 101 Å². The van der Waals surface area contributed by atoms with Crippen molar-refractivity contribution < 1.29 is 4.74 Å². The first-order valence-electron chi connectivity index (χ1n) is 10.6. The lowest BCUT2D eigenvalue weighted by Crippen LogP contribution is -1.93. The highest BCUT2D eigenvalue weighted by atomic mass is 16.5. The van der Waals surface area contributed by atoms with Crippen molar-refractivity contribution in [1.29, 1.82) is 0 Å². The summed E-state index contributed by atoms with van der Waals surface area (Å²) in [5, 5.41) is 0. The van der Waals surface area contributed by atoms with Crippen LogP contribution in [0.1, 0.15) is 29.2 Å². The van der Waals surface area contributed by atoms with Gasteiger partial charge in [-0.05, 0) is 59.7 Å². The molecule has 0 aliphatic rings. The van der Waals surface area contributed by atoms with Crippen molar-refractivity contribution in [1.82, 2.24) is 4.57 Å². The standard InChI is InChI=1S/C28H29NO/c1-5-21-11-15-24(16-12-21)28-27(23-13-9-20(2)10-14-23)25(19-29(28)3)17-22-7-6-8-26(18-22)30-4/h6-16,18-19H,5,17H2,1-4H3. The molecule has 0 spiro atoms. The first-order valence-corrected chi connectivity index (χ1v) is 10.6. The molecule has 0 amide bonds. The molecule has 0 radical (unpaired) electrons. The van der Waals surface area contributed by atoms with E-state index in [1.807, 2.05) is 6.07 Å².